The van der Waals surface area contributed by atoms with Crippen LogP contribution in [0.3, 0.4) is 0 Å². The number of halogens is 2. The number of aliphatic imine (C=N–C) groups is 1. The molecule has 0 aliphatic heterocycles. The van der Waals surface area contributed by atoms with Crippen molar-refractivity contribution in [3.63, 3.8) is 0 Å². The van der Waals surface area contributed by atoms with E-state index in [0.717, 1.165) is 29.5 Å². The van der Waals surface area contributed by atoms with Crippen LogP contribution in [0, 0.1) is 0 Å². The minimum Gasteiger partial charge on any atom is -0.459 e. The van der Waals surface area contributed by atoms with Crippen LogP contribution in [-0.4, -0.2) is 25.5 Å². The molecule has 2 aromatic carbocycles. The SMILES string of the molecule is CN=C(NCCc1cccc(Cl)c1)NCc1ccc(NC(=O)c2ccco2)cc1.I. The van der Waals surface area contributed by atoms with Gasteiger partial charge in [-0.3, -0.25) is 9.79 Å². The zero-order valence-corrected chi connectivity index (χ0v) is 19.6. The van der Waals surface area contributed by atoms with Gasteiger partial charge in [0, 0.05) is 30.8 Å². The van der Waals surface area contributed by atoms with E-state index in [1.807, 2.05) is 42.5 Å². The molecule has 6 nitrogen and oxygen atoms in total. The Hall–Kier alpha value is -2.52. The van der Waals surface area contributed by atoms with Gasteiger partial charge in [-0.25, -0.2) is 0 Å². The largest absolute Gasteiger partial charge is 0.459 e. The lowest BCUT2D eigenvalue weighted by molar-refractivity contribution is 0.0996. The van der Waals surface area contributed by atoms with Crippen LogP contribution < -0.4 is 16.0 Å². The highest BCUT2D eigenvalue weighted by atomic mass is 127. The monoisotopic (exact) mass is 538 g/mol. The number of carbonyl (C=O) groups is 1. The maximum atomic E-state index is 12.0. The van der Waals surface area contributed by atoms with Crippen LogP contribution in [0.2, 0.25) is 5.02 Å². The maximum absolute atomic E-state index is 12.0. The second kappa shape index (κ2) is 12.2. The van der Waals surface area contributed by atoms with Gasteiger partial charge in [0.1, 0.15) is 0 Å². The lowest BCUT2D eigenvalue weighted by atomic mass is 10.1. The summed E-state index contributed by atoms with van der Waals surface area (Å²) in [6.45, 7) is 1.36. The van der Waals surface area contributed by atoms with E-state index < -0.39 is 0 Å². The van der Waals surface area contributed by atoms with Crippen LogP contribution >= 0.6 is 35.6 Å². The van der Waals surface area contributed by atoms with Gasteiger partial charge in [0.25, 0.3) is 5.91 Å². The summed E-state index contributed by atoms with van der Waals surface area (Å²) < 4.78 is 5.09. The van der Waals surface area contributed by atoms with Gasteiger partial charge in [-0.1, -0.05) is 35.9 Å². The number of benzene rings is 2. The number of anilines is 1. The Balaban J connectivity index is 0.00000320. The predicted octanol–water partition coefficient (Wildman–Crippen LogP) is 4.71. The fourth-order valence-electron chi connectivity index (χ4n) is 2.73. The highest BCUT2D eigenvalue weighted by Gasteiger charge is 2.08. The van der Waals surface area contributed by atoms with E-state index in [0.29, 0.717) is 12.2 Å². The molecule has 0 bridgehead atoms. The summed E-state index contributed by atoms with van der Waals surface area (Å²) in [6, 6.07) is 18.7. The second-order valence-electron chi connectivity index (χ2n) is 6.36. The fraction of sp³-hybridized carbons (Fsp3) is 0.182. The van der Waals surface area contributed by atoms with E-state index in [9.17, 15) is 4.79 Å². The van der Waals surface area contributed by atoms with Crippen molar-refractivity contribution in [1.29, 1.82) is 0 Å². The smallest absolute Gasteiger partial charge is 0.291 e. The number of nitrogens with zero attached hydrogens (tertiary/aromatic N) is 1. The van der Waals surface area contributed by atoms with Crippen LogP contribution in [-0.2, 0) is 13.0 Å². The molecule has 1 heterocycles. The third-order valence-corrected chi connectivity index (χ3v) is 4.47. The number of hydrogen-bond donors (Lipinski definition) is 3. The zero-order chi connectivity index (χ0) is 20.5. The topological polar surface area (TPSA) is 78.7 Å². The van der Waals surface area contributed by atoms with E-state index in [4.69, 9.17) is 16.0 Å². The van der Waals surface area contributed by atoms with Crippen LogP contribution in [0.25, 0.3) is 0 Å². The Morgan fingerprint density at radius 1 is 1.03 bits per heavy atom. The van der Waals surface area contributed by atoms with Gasteiger partial charge >= 0.3 is 0 Å². The average Bonchev–Trinajstić information content (AvgIpc) is 3.27. The number of amides is 1. The Kier molecular flexibility index (Phi) is 9.69. The first-order chi connectivity index (χ1) is 14.1. The first-order valence-corrected chi connectivity index (χ1v) is 9.64. The molecule has 0 saturated heterocycles. The van der Waals surface area contributed by atoms with E-state index in [1.165, 1.54) is 11.8 Å². The van der Waals surface area contributed by atoms with Crippen molar-refractivity contribution < 1.29 is 9.21 Å². The number of rotatable bonds is 7. The van der Waals surface area contributed by atoms with Gasteiger partial charge in [-0.2, -0.15) is 0 Å². The third kappa shape index (κ3) is 7.38. The van der Waals surface area contributed by atoms with Crippen LogP contribution in [0.4, 0.5) is 5.69 Å². The van der Waals surface area contributed by atoms with E-state index in [1.54, 1.807) is 19.2 Å². The summed E-state index contributed by atoms with van der Waals surface area (Å²) in [5.41, 5.74) is 2.95. The van der Waals surface area contributed by atoms with Gasteiger partial charge < -0.3 is 20.4 Å². The number of guanidine groups is 1. The van der Waals surface area contributed by atoms with Gasteiger partial charge in [0.2, 0.25) is 0 Å². The first-order valence-electron chi connectivity index (χ1n) is 9.27. The molecule has 0 spiro atoms. The first kappa shape index (κ1) is 23.8. The summed E-state index contributed by atoms with van der Waals surface area (Å²) in [5, 5.41) is 10.1. The lowest BCUT2D eigenvalue weighted by Crippen LogP contribution is -2.37. The van der Waals surface area contributed by atoms with Crippen molar-refractivity contribution >= 4 is 53.1 Å². The van der Waals surface area contributed by atoms with Crippen LogP contribution in [0.5, 0.6) is 0 Å². The standard InChI is InChI=1S/C22H23ClN4O2.HI/c1-24-22(25-12-11-16-4-2-5-18(23)14-16)26-15-17-7-9-19(10-8-17)27-21(28)20-6-3-13-29-20;/h2-10,13-14H,11-12,15H2,1H3,(H,27,28)(H2,24,25,26);1H. The number of nitrogens with one attached hydrogen (secondary N) is 3. The fourth-order valence-corrected chi connectivity index (χ4v) is 2.94. The third-order valence-electron chi connectivity index (χ3n) is 4.24. The van der Waals surface area contributed by atoms with Crippen molar-refractivity contribution in [2.75, 3.05) is 18.9 Å². The molecule has 158 valence electrons. The molecule has 1 amide bonds. The van der Waals surface area contributed by atoms with Crippen LogP contribution in [0.15, 0.2) is 76.3 Å². The zero-order valence-electron chi connectivity index (χ0n) is 16.5. The molecule has 0 atom stereocenters. The molecule has 1 aromatic heterocycles. The minimum absolute atomic E-state index is 0. The summed E-state index contributed by atoms with van der Waals surface area (Å²) in [4.78, 5) is 16.2. The predicted molar refractivity (Wildman–Crippen MR) is 132 cm³/mol. The molecule has 0 fully saturated rings. The van der Waals surface area contributed by atoms with Crippen LogP contribution in [0.1, 0.15) is 21.7 Å². The summed E-state index contributed by atoms with van der Waals surface area (Å²) >= 11 is 6.01. The number of hydrogen-bond acceptors (Lipinski definition) is 3. The molecule has 3 rings (SSSR count). The minimum atomic E-state index is -0.273. The Morgan fingerprint density at radius 3 is 2.50 bits per heavy atom. The molecule has 0 unspecified atom stereocenters. The average molecular weight is 539 g/mol. The molecule has 3 aromatic rings. The molecule has 8 heteroatoms. The summed E-state index contributed by atoms with van der Waals surface area (Å²) in [6.07, 6.45) is 2.32. The molecule has 0 aliphatic carbocycles. The maximum Gasteiger partial charge on any atom is 0.291 e. The van der Waals surface area contributed by atoms with Gasteiger partial charge in [0.15, 0.2) is 11.7 Å². The van der Waals surface area contributed by atoms with Crippen molar-refractivity contribution in [3.8, 4) is 0 Å². The highest BCUT2D eigenvalue weighted by molar-refractivity contribution is 14.0. The Labute approximate surface area is 198 Å². The summed E-state index contributed by atoms with van der Waals surface area (Å²) in [7, 11) is 1.74. The normalized spacial score (nSPS) is 10.8. The van der Waals surface area contributed by atoms with Gasteiger partial charge in [0.05, 0.1) is 6.26 Å². The van der Waals surface area contributed by atoms with Crippen molar-refractivity contribution in [2.24, 2.45) is 4.99 Å². The lowest BCUT2D eigenvalue weighted by Gasteiger charge is -2.12. The van der Waals surface area contributed by atoms with E-state index >= 15 is 0 Å². The molecule has 0 saturated carbocycles. The quantitative estimate of drug-likeness (QED) is 0.231. The molecular weight excluding hydrogens is 515 g/mol. The van der Waals surface area contributed by atoms with Crippen molar-refractivity contribution in [1.82, 2.24) is 10.6 Å². The van der Waals surface area contributed by atoms with E-state index in [-0.39, 0.29) is 35.6 Å². The van der Waals surface area contributed by atoms with Crippen molar-refractivity contribution in [3.05, 3.63) is 88.8 Å². The van der Waals surface area contributed by atoms with Gasteiger partial charge in [-0.05, 0) is 53.9 Å². The van der Waals surface area contributed by atoms with Gasteiger partial charge in [-0.15, -0.1) is 24.0 Å². The summed E-state index contributed by atoms with van der Waals surface area (Å²) in [5.74, 6) is 0.732. The number of furan rings is 1. The second-order valence-corrected chi connectivity index (χ2v) is 6.80. The molecule has 3 N–H and O–H groups in total. The van der Waals surface area contributed by atoms with Crippen molar-refractivity contribution in [2.45, 2.75) is 13.0 Å². The Morgan fingerprint density at radius 2 is 1.83 bits per heavy atom. The number of carbonyl (C=O) groups excluding carboxylic acids is 1. The highest BCUT2D eigenvalue weighted by Crippen LogP contribution is 2.12. The molecular formula is C22H24ClIN4O2. The van der Waals surface area contributed by atoms with E-state index in [2.05, 4.69) is 27.0 Å². The molecule has 30 heavy (non-hydrogen) atoms. The molecule has 0 aliphatic rings. The Bertz CT molecular complexity index is 960. The molecule has 0 radical (unpaired) electrons.